The fraction of sp³-hybridized carbons (Fsp3) is 0.680. The van der Waals surface area contributed by atoms with E-state index in [2.05, 4.69) is 28.1 Å². The van der Waals surface area contributed by atoms with Gasteiger partial charge in [-0.1, -0.05) is 38.2 Å². The van der Waals surface area contributed by atoms with Crippen LogP contribution in [0.3, 0.4) is 0 Å². The zero-order valence-electron chi connectivity index (χ0n) is 20.1. The van der Waals surface area contributed by atoms with Crippen LogP contribution in [0.1, 0.15) is 66.7 Å². The Hall–Kier alpha value is -2.10. The molecule has 3 rings (SSSR count). The van der Waals surface area contributed by atoms with Crippen molar-refractivity contribution in [3.8, 4) is 11.8 Å². The highest BCUT2D eigenvalue weighted by molar-refractivity contribution is 5.88. The summed E-state index contributed by atoms with van der Waals surface area (Å²) in [7, 11) is 1.71. The Bertz CT molecular complexity index is 695. The average molecular weight is 433 g/mol. The first-order valence-corrected chi connectivity index (χ1v) is 11.4. The van der Waals surface area contributed by atoms with Gasteiger partial charge in [0.1, 0.15) is 6.10 Å². The summed E-state index contributed by atoms with van der Waals surface area (Å²) in [6.07, 6.45) is 9.28. The van der Waals surface area contributed by atoms with E-state index in [0.29, 0.717) is 13.0 Å². The van der Waals surface area contributed by atoms with Gasteiger partial charge in [0.2, 0.25) is 6.41 Å². The van der Waals surface area contributed by atoms with Crippen LogP contribution in [-0.2, 0) is 19.1 Å². The number of rotatable bonds is 4. The van der Waals surface area contributed by atoms with E-state index >= 15 is 0 Å². The lowest BCUT2D eigenvalue weighted by molar-refractivity contribution is -0.141. The van der Waals surface area contributed by atoms with Crippen LogP contribution in [0.5, 0.6) is 0 Å². The average Bonchev–Trinajstić information content (AvgIpc) is 3.09. The third-order valence-electron chi connectivity index (χ3n) is 5.22. The molecule has 1 fully saturated rings. The quantitative estimate of drug-likeness (QED) is 0.318. The molecular weight excluding hydrogens is 392 g/mol. The van der Waals surface area contributed by atoms with E-state index in [4.69, 9.17) is 9.47 Å². The number of hydrogen-bond donors (Lipinski definition) is 1. The van der Waals surface area contributed by atoms with Crippen LogP contribution in [0.15, 0.2) is 23.3 Å². The van der Waals surface area contributed by atoms with Crippen molar-refractivity contribution in [2.24, 2.45) is 0 Å². The lowest BCUT2D eigenvalue weighted by Gasteiger charge is -2.36. The van der Waals surface area contributed by atoms with Crippen molar-refractivity contribution < 1.29 is 19.1 Å². The largest absolute Gasteiger partial charge is 0.453 e. The maximum absolute atomic E-state index is 11.8. The van der Waals surface area contributed by atoms with Gasteiger partial charge in [-0.3, -0.25) is 9.69 Å². The number of ether oxygens (including phenoxy) is 2. The van der Waals surface area contributed by atoms with E-state index in [1.54, 1.807) is 13.2 Å². The monoisotopic (exact) mass is 432 g/mol. The van der Waals surface area contributed by atoms with Crippen LogP contribution in [-0.4, -0.2) is 61.8 Å². The van der Waals surface area contributed by atoms with Gasteiger partial charge in [0.15, 0.2) is 0 Å². The summed E-state index contributed by atoms with van der Waals surface area (Å²) >= 11 is 0. The number of esters is 1. The van der Waals surface area contributed by atoms with Gasteiger partial charge in [-0.2, -0.15) is 0 Å². The first-order chi connectivity index (χ1) is 14.9. The summed E-state index contributed by atoms with van der Waals surface area (Å²) in [6.45, 7) is 12.6. The van der Waals surface area contributed by atoms with Crippen LogP contribution in [0.25, 0.3) is 0 Å². The number of methoxy groups -OCH3 is 1. The molecule has 0 radical (unpaired) electrons. The van der Waals surface area contributed by atoms with Crippen LogP contribution < -0.4 is 5.32 Å². The lowest BCUT2D eigenvalue weighted by atomic mass is 9.92. The molecule has 6 nitrogen and oxygen atoms in total. The standard InChI is InChI=1S/C18H22N2O3.C5H12O.C2H6/c21-13-19-9-4-1-2-6-14-8-11-20-10-5-3-7-16(20)18-15(14)12-17(22)23-18;1-5(2,3)6-4;1-2/h8,12-13,16,18H,1,3-5,7,9-11H2,(H,19,21);1-4H3;1-2H3. The maximum Gasteiger partial charge on any atom is 0.331 e. The SMILES string of the molecule is CC.COC(C)(C)C.O=CNCCCC#CC1=CCN2CCCCC2C2OC(=O)C=C12. The van der Waals surface area contributed by atoms with Gasteiger partial charge in [-0.25, -0.2) is 4.79 Å². The van der Waals surface area contributed by atoms with Gasteiger partial charge in [0.25, 0.3) is 0 Å². The number of nitrogens with one attached hydrogen (secondary N) is 1. The predicted molar refractivity (Wildman–Crippen MR) is 124 cm³/mol. The molecule has 0 spiro atoms. The highest BCUT2D eigenvalue weighted by Gasteiger charge is 2.40. The summed E-state index contributed by atoms with van der Waals surface area (Å²) in [5.41, 5.74) is 1.92. The van der Waals surface area contributed by atoms with Crippen molar-refractivity contribution in [1.29, 1.82) is 0 Å². The number of nitrogens with zero attached hydrogens (tertiary/aromatic N) is 1. The lowest BCUT2D eigenvalue weighted by Crippen LogP contribution is -2.46. The molecule has 3 aliphatic rings. The van der Waals surface area contributed by atoms with Gasteiger partial charge >= 0.3 is 5.97 Å². The zero-order valence-corrected chi connectivity index (χ0v) is 20.1. The highest BCUT2D eigenvalue weighted by atomic mass is 16.5. The molecule has 2 atom stereocenters. The minimum Gasteiger partial charge on any atom is -0.453 e. The number of carbonyl (C=O) groups is 2. The molecule has 0 aromatic heterocycles. The second-order valence-electron chi connectivity index (χ2n) is 8.43. The number of amides is 1. The third-order valence-corrected chi connectivity index (χ3v) is 5.22. The molecule has 0 aromatic carbocycles. The Kier molecular flexibility index (Phi) is 12.2. The van der Waals surface area contributed by atoms with Crippen molar-refractivity contribution in [3.63, 3.8) is 0 Å². The molecule has 174 valence electrons. The molecule has 0 aliphatic carbocycles. The van der Waals surface area contributed by atoms with E-state index in [-0.39, 0.29) is 23.7 Å². The fourth-order valence-electron chi connectivity index (χ4n) is 3.48. The van der Waals surface area contributed by atoms with Crippen molar-refractivity contribution >= 4 is 12.4 Å². The molecule has 1 N–H and O–H groups in total. The first-order valence-electron chi connectivity index (χ1n) is 11.4. The first kappa shape index (κ1) is 26.9. The molecule has 0 bridgehead atoms. The second kappa shape index (κ2) is 14.1. The van der Waals surface area contributed by atoms with Crippen LogP contribution in [0, 0.1) is 11.8 Å². The van der Waals surface area contributed by atoms with E-state index in [1.807, 2.05) is 34.6 Å². The summed E-state index contributed by atoms with van der Waals surface area (Å²) in [5, 5.41) is 2.63. The smallest absolute Gasteiger partial charge is 0.331 e. The second-order valence-corrected chi connectivity index (χ2v) is 8.43. The Morgan fingerprint density at radius 3 is 2.68 bits per heavy atom. The topological polar surface area (TPSA) is 67.9 Å². The van der Waals surface area contributed by atoms with E-state index in [0.717, 1.165) is 43.5 Å². The van der Waals surface area contributed by atoms with Gasteiger partial charge in [0, 0.05) is 43.8 Å². The van der Waals surface area contributed by atoms with Gasteiger partial charge in [-0.15, -0.1) is 0 Å². The van der Waals surface area contributed by atoms with Gasteiger partial charge < -0.3 is 14.8 Å². The molecule has 31 heavy (non-hydrogen) atoms. The zero-order chi connectivity index (χ0) is 23.3. The van der Waals surface area contributed by atoms with Crippen molar-refractivity contribution in [3.05, 3.63) is 23.3 Å². The van der Waals surface area contributed by atoms with Crippen molar-refractivity contribution in [1.82, 2.24) is 10.2 Å². The van der Waals surface area contributed by atoms with Crippen LogP contribution >= 0.6 is 0 Å². The van der Waals surface area contributed by atoms with Crippen LogP contribution in [0.4, 0.5) is 0 Å². The van der Waals surface area contributed by atoms with E-state index in [9.17, 15) is 9.59 Å². The third kappa shape index (κ3) is 9.28. The molecular formula is C25H40N2O4. The number of carbonyl (C=O) groups excluding carboxylic acids is 2. The maximum atomic E-state index is 11.8. The van der Waals surface area contributed by atoms with Gasteiger partial charge in [0.05, 0.1) is 11.6 Å². The number of unbranched alkanes of at least 4 members (excludes halogenated alkanes) is 1. The summed E-state index contributed by atoms with van der Waals surface area (Å²) in [5.74, 6) is 6.11. The fourth-order valence-corrected chi connectivity index (χ4v) is 3.48. The number of hydrogen-bond acceptors (Lipinski definition) is 5. The number of fused-ring (bicyclic) bond motifs is 3. The Labute approximate surface area is 188 Å². The van der Waals surface area contributed by atoms with Crippen LogP contribution in [0.2, 0.25) is 0 Å². The predicted octanol–water partition coefficient (Wildman–Crippen LogP) is 3.62. The van der Waals surface area contributed by atoms with E-state index < -0.39 is 0 Å². The highest BCUT2D eigenvalue weighted by Crippen LogP contribution is 2.34. The molecule has 3 heterocycles. The molecule has 1 saturated heterocycles. The summed E-state index contributed by atoms with van der Waals surface area (Å²) in [4.78, 5) is 24.4. The molecule has 0 aromatic rings. The van der Waals surface area contributed by atoms with Gasteiger partial charge in [-0.05, 0) is 46.6 Å². The molecule has 6 heteroatoms. The van der Waals surface area contributed by atoms with Crippen molar-refractivity contribution in [2.45, 2.75) is 84.5 Å². The minimum atomic E-state index is -0.250. The summed E-state index contributed by atoms with van der Waals surface area (Å²) < 4.78 is 10.5. The number of piperidine rings is 1. The Morgan fingerprint density at radius 2 is 2.03 bits per heavy atom. The molecule has 0 saturated carbocycles. The van der Waals surface area contributed by atoms with Crippen molar-refractivity contribution in [2.75, 3.05) is 26.7 Å². The molecule has 2 unspecified atom stereocenters. The molecule has 1 amide bonds. The Balaban J connectivity index is 0.000000521. The minimum absolute atomic E-state index is 0.0417. The molecule has 3 aliphatic heterocycles. The summed E-state index contributed by atoms with van der Waals surface area (Å²) in [6, 6.07) is 0.286. The Morgan fingerprint density at radius 1 is 1.32 bits per heavy atom. The van der Waals surface area contributed by atoms with E-state index in [1.165, 1.54) is 12.8 Å². The normalized spacial score (nSPS) is 22.2.